The molecule has 8 rings (SSSR count). The minimum atomic E-state index is -1.33. The molecule has 49 heavy (non-hydrogen) atoms. The van der Waals surface area contributed by atoms with Crippen LogP contribution in [0.15, 0.2) is 17.8 Å². The molecule has 6 fully saturated rings. The Morgan fingerprint density at radius 3 is 2.63 bits per heavy atom. The van der Waals surface area contributed by atoms with Crippen LogP contribution in [0.2, 0.25) is 0 Å². The number of aromatic nitrogens is 3. The largest absolute Gasteiger partial charge is 0.388 e. The summed E-state index contributed by atoms with van der Waals surface area (Å²) in [6, 6.07) is 1.67. The Kier molecular flexibility index (Phi) is 9.36. The van der Waals surface area contributed by atoms with Gasteiger partial charge in [-0.05, 0) is 117 Å². The van der Waals surface area contributed by atoms with E-state index in [1.54, 1.807) is 17.2 Å². The van der Waals surface area contributed by atoms with Crippen molar-refractivity contribution in [1.29, 1.82) is 0 Å². The van der Waals surface area contributed by atoms with Crippen molar-refractivity contribution < 1.29 is 29.5 Å². The molecule has 6 unspecified atom stereocenters. The molecule has 0 radical (unpaired) electrons. The second kappa shape index (κ2) is 13.2. The third-order valence-electron chi connectivity index (χ3n) is 15.3. The molecule has 3 aliphatic heterocycles. The zero-order chi connectivity index (χ0) is 34.2. The van der Waals surface area contributed by atoms with E-state index in [1.807, 2.05) is 6.20 Å². The number of aliphatic hydroxyl groups excluding tert-OH is 3. The lowest BCUT2D eigenvalue weighted by Gasteiger charge is -2.58. The molecule has 3 saturated heterocycles. The van der Waals surface area contributed by atoms with Gasteiger partial charge in [0, 0.05) is 31.8 Å². The molecule has 4 heterocycles. The summed E-state index contributed by atoms with van der Waals surface area (Å²) in [6.45, 7) is 14.9. The molecule has 1 aromatic heterocycles. The average Bonchev–Trinajstić information content (AvgIpc) is 3.75. The van der Waals surface area contributed by atoms with E-state index in [-0.39, 0.29) is 6.61 Å². The highest BCUT2D eigenvalue weighted by atomic mass is 16.7. The van der Waals surface area contributed by atoms with Gasteiger partial charge in [-0.1, -0.05) is 44.6 Å². The predicted molar refractivity (Wildman–Crippen MR) is 184 cm³/mol. The van der Waals surface area contributed by atoms with Gasteiger partial charge >= 0.3 is 0 Å². The van der Waals surface area contributed by atoms with Crippen LogP contribution in [-0.2, 0) is 27.4 Å². The summed E-state index contributed by atoms with van der Waals surface area (Å²) in [4.78, 5) is 3.02. The summed E-state index contributed by atoms with van der Waals surface area (Å²) in [6.07, 6.45) is 12.1. The Bertz CT molecular complexity index is 1370. The summed E-state index contributed by atoms with van der Waals surface area (Å²) in [7, 11) is 0. The second-order valence-corrected chi connectivity index (χ2v) is 18.0. The SMILES string of the molecule is C[C@H]1CCC2[C@@H](C)C3C(CC4C5CC=C6C[C@@H](OCCCn7cc(CO[C@@H]8O[C@@H](C)[C@H](O)[C@@H](O)[C@H]8O)nn7)CC[C@]6(C)C5CC[C@@]43C)N2C1. The number of rotatable bonds is 8. The Hall–Kier alpha value is -1.40. The van der Waals surface area contributed by atoms with Gasteiger partial charge in [-0.3, -0.25) is 9.58 Å². The van der Waals surface area contributed by atoms with Crippen LogP contribution in [0.4, 0.5) is 0 Å². The van der Waals surface area contributed by atoms with Gasteiger partial charge in [-0.2, -0.15) is 0 Å². The van der Waals surface area contributed by atoms with E-state index in [0.717, 1.165) is 66.9 Å². The van der Waals surface area contributed by atoms with Crippen LogP contribution >= 0.6 is 0 Å². The number of hydrogen-bond acceptors (Lipinski definition) is 9. The first-order valence-corrected chi connectivity index (χ1v) is 19.7. The lowest BCUT2D eigenvalue weighted by atomic mass is 9.47. The van der Waals surface area contributed by atoms with Gasteiger partial charge < -0.3 is 29.5 Å². The first-order valence-electron chi connectivity index (χ1n) is 19.7. The molecule has 3 saturated carbocycles. The van der Waals surface area contributed by atoms with Crippen LogP contribution in [0.1, 0.15) is 105 Å². The summed E-state index contributed by atoms with van der Waals surface area (Å²) in [5.41, 5.74) is 3.16. The van der Waals surface area contributed by atoms with E-state index in [4.69, 9.17) is 14.2 Å². The lowest BCUT2D eigenvalue weighted by Crippen LogP contribution is -2.57. The number of aliphatic hydroxyl groups is 3. The van der Waals surface area contributed by atoms with Gasteiger partial charge in [-0.25, -0.2) is 0 Å². The Labute approximate surface area is 292 Å². The molecule has 4 aliphatic carbocycles. The van der Waals surface area contributed by atoms with Gasteiger partial charge in [-0.15, -0.1) is 5.10 Å². The molecule has 0 amide bonds. The first kappa shape index (κ1) is 34.7. The molecule has 274 valence electrons. The maximum Gasteiger partial charge on any atom is 0.186 e. The molecule has 0 bridgehead atoms. The van der Waals surface area contributed by atoms with Crippen molar-refractivity contribution in [3.63, 3.8) is 0 Å². The maximum absolute atomic E-state index is 10.2. The summed E-state index contributed by atoms with van der Waals surface area (Å²) < 4.78 is 19.5. The number of allylic oxidation sites excluding steroid dienone is 1. The maximum atomic E-state index is 10.2. The van der Waals surface area contributed by atoms with Crippen molar-refractivity contribution in [3.05, 3.63) is 23.5 Å². The van der Waals surface area contributed by atoms with Gasteiger partial charge in [0.2, 0.25) is 0 Å². The molecule has 0 spiro atoms. The van der Waals surface area contributed by atoms with Gasteiger partial charge in [0.1, 0.15) is 24.0 Å². The lowest BCUT2D eigenvalue weighted by molar-refractivity contribution is -0.296. The average molecular weight is 683 g/mol. The van der Waals surface area contributed by atoms with Crippen LogP contribution < -0.4 is 0 Å². The molecule has 0 aromatic carbocycles. The highest BCUT2D eigenvalue weighted by molar-refractivity contribution is 5.27. The fourth-order valence-electron chi connectivity index (χ4n) is 12.8. The third kappa shape index (κ3) is 5.88. The predicted octanol–water partition coefficient (Wildman–Crippen LogP) is 4.71. The Morgan fingerprint density at radius 1 is 0.959 bits per heavy atom. The van der Waals surface area contributed by atoms with Crippen LogP contribution in [0.3, 0.4) is 0 Å². The van der Waals surface area contributed by atoms with E-state index in [1.165, 1.54) is 51.5 Å². The number of aryl methyl sites for hydroxylation is 1. The van der Waals surface area contributed by atoms with E-state index in [9.17, 15) is 15.3 Å². The van der Waals surface area contributed by atoms with Crippen LogP contribution in [-0.4, -0.2) is 97.3 Å². The molecule has 10 heteroatoms. The normalized spacial score (nSPS) is 49.4. The topological polar surface area (TPSA) is 122 Å². The number of ether oxygens (including phenoxy) is 3. The Balaban J connectivity index is 0.821. The van der Waals surface area contributed by atoms with Crippen molar-refractivity contribution in [2.45, 2.75) is 161 Å². The summed E-state index contributed by atoms with van der Waals surface area (Å²) in [5.74, 6) is 5.18. The van der Waals surface area contributed by atoms with Crippen molar-refractivity contribution in [1.82, 2.24) is 19.9 Å². The van der Waals surface area contributed by atoms with Gasteiger partial charge in [0.05, 0.1) is 25.0 Å². The molecule has 3 N–H and O–H groups in total. The van der Waals surface area contributed by atoms with Crippen molar-refractivity contribution in [2.24, 2.45) is 46.3 Å². The zero-order valence-electron chi connectivity index (χ0n) is 30.5. The van der Waals surface area contributed by atoms with E-state index in [2.05, 4.69) is 49.0 Å². The number of piperidine rings is 1. The summed E-state index contributed by atoms with van der Waals surface area (Å²) >= 11 is 0. The van der Waals surface area contributed by atoms with Crippen LogP contribution in [0.25, 0.3) is 0 Å². The van der Waals surface area contributed by atoms with Gasteiger partial charge in [0.25, 0.3) is 0 Å². The van der Waals surface area contributed by atoms with Crippen molar-refractivity contribution in [2.75, 3.05) is 13.2 Å². The van der Waals surface area contributed by atoms with E-state index >= 15 is 0 Å². The van der Waals surface area contributed by atoms with Gasteiger partial charge in [0.15, 0.2) is 6.29 Å². The highest BCUT2D eigenvalue weighted by Gasteiger charge is 2.66. The Morgan fingerprint density at radius 2 is 1.80 bits per heavy atom. The second-order valence-electron chi connectivity index (χ2n) is 18.0. The molecule has 7 aliphatic rings. The fraction of sp³-hybridized carbons (Fsp3) is 0.897. The highest BCUT2D eigenvalue weighted by Crippen LogP contribution is 2.70. The first-order chi connectivity index (χ1) is 23.5. The monoisotopic (exact) mass is 682 g/mol. The molecular weight excluding hydrogens is 620 g/mol. The van der Waals surface area contributed by atoms with Crippen molar-refractivity contribution in [3.8, 4) is 0 Å². The van der Waals surface area contributed by atoms with Crippen LogP contribution in [0.5, 0.6) is 0 Å². The number of nitrogens with zero attached hydrogens (tertiary/aromatic N) is 4. The minimum Gasteiger partial charge on any atom is -0.388 e. The van der Waals surface area contributed by atoms with E-state index < -0.39 is 30.7 Å². The molecule has 1 aromatic rings. The quantitative estimate of drug-likeness (QED) is 0.265. The zero-order valence-corrected chi connectivity index (χ0v) is 30.5. The number of hydrogen-bond donors (Lipinski definition) is 3. The van der Waals surface area contributed by atoms with Crippen LogP contribution in [0, 0.1) is 46.3 Å². The third-order valence-corrected chi connectivity index (χ3v) is 15.3. The molecular formula is C39H62N4O6. The smallest absolute Gasteiger partial charge is 0.186 e. The molecule has 16 atom stereocenters. The van der Waals surface area contributed by atoms with E-state index in [0.29, 0.717) is 35.8 Å². The molecule has 10 nitrogen and oxygen atoms in total. The standard InChI is InChI=1S/C39H62N4O6/c1-22-7-10-31-23(2)33-32(43(31)19-22)18-30-28-9-8-25-17-27(11-13-38(25,4)29(28)12-14-39(30,33)5)47-16-6-15-42-20-26(40-41-42)21-48-37-36(46)35(45)34(44)24(3)49-37/h8,20,22-24,27-37,44-46H,6-7,9-19,21H2,1-5H3/t22-,23+,24-,27-,28?,29?,30?,31?,32?,33?,34-,35+,36+,37+,38-,39-/m0/s1. The minimum absolute atomic E-state index is 0.0873. The van der Waals surface area contributed by atoms with Crippen molar-refractivity contribution >= 4 is 0 Å². The summed E-state index contributed by atoms with van der Waals surface area (Å²) in [5, 5.41) is 38.5. The fourth-order valence-corrected chi connectivity index (χ4v) is 12.8. The number of fused-ring (bicyclic) bond motifs is 9.